The summed E-state index contributed by atoms with van der Waals surface area (Å²) in [7, 11) is -4.09. The molecule has 9 heteroatoms. The third-order valence-corrected chi connectivity index (χ3v) is 8.25. The Bertz CT molecular complexity index is 1340. The van der Waals surface area contributed by atoms with E-state index in [4.69, 9.17) is 11.6 Å². The fourth-order valence-corrected chi connectivity index (χ4v) is 5.62. The zero-order valence-corrected chi connectivity index (χ0v) is 23.7. The molecule has 0 spiro atoms. The Kier molecular flexibility index (Phi) is 9.94. The van der Waals surface area contributed by atoms with Crippen molar-refractivity contribution in [3.63, 3.8) is 0 Å². The van der Waals surface area contributed by atoms with Gasteiger partial charge in [0.05, 0.1) is 10.6 Å². The van der Waals surface area contributed by atoms with Crippen molar-refractivity contribution in [1.29, 1.82) is 0 Å². The fraction of sp³-hybridized carbons (Fsp3) is 0.310. The van der Waals surface area contributed by atoms with Crippen LogP contribution in [0.25, 0.3) is 0 Å². The largest absolute Gasteiger partial charge is 0.355 e. The van der Waals surface area contributed by atoms with Crippen molar-refractivity contribution in [2.45, 2.75) is 51.6 Å². The molecule has 2 amide bonds. The number of amides is 2. The quantitative estimate of drug-likeness (QED) is 0.357. The lowest BCUT2D eigenvalue weighted by Crippen LogP contribution is -2.52. The van der Waals surface area contributed by atoms with Crippen LogP contribution in [-0.4, -0.2) is 44.3 Å². The number of aryl methyl sites for hydroxylation is 2. The summed E-state index contributed by atoms with van der Waals surface area (Å²) in [5.74, 6) is -0.782. The molecule has 0 aliphatic heterocycles. The first-order valence-electron chi connectivity index (χ1n) is 12.5. The van der Waals surface area contributed by atoms with E-state index < -0.39 is 28.5 Å². The number of nitrogens with one attached hydrogen (secondary N) is 1. The van der Waals surface area contributed by atoms with Crippen LogP contribution >= 0.6 is 11.6 Å². The minimum atomic E-state index is -4.09. The SMILES string of the molecule is CCNC(=O)C(CC)N(Cc1ccc(Cl)cc1)C(=O)CN(c1ccc(C)cc1)S(=O)(=O)c1ccc(C)cc1. The second-order valence-corrected chi connectivity index (χ2v) is 11.4. The predicted molar refractivity (Wildman–Crippen MR) is 152 cm³/mol. The lowest BCUT2D eigenvalue weighted by molar-refractivity contribution is -0.140. The second-order valence-electron chi connectivity index (χ2n) is 9.13. The number of carbonyl (C=O) groups is 2. The van der Waals surface area contributed by atoms with Gasteiger partial charge in [-0.15, -0.1) is 0 Å². The molecule has 1 atom stereocenters. The molecule has 0 aromatic heterocycles. The van der Waals surface area contributed by atoms with E-state index >= 15 is 0 Å². The summed E-state index contributed by atoms with van der Waals surface area (Å²) in [5, 5.41) is 3.35. The summed E-state index contributed by atoms with van der Waals surface area (Å²) in [6.07, 6.45) is 0.362. The topological polar surface area (TPSA) is 86.8 Å². The molecule has 0 aliphatic carbocycles. The van der Waals surface area contributed by atoms with Gasteiger partial charge in [0.15, 0.2) is 0 Å². The van der Waals surface area contributed by atoms with Gasteiger partial charge in [-0.25, -0.2) is 8.42 Å². The van der Waals surface area contributed by atoms with Gasteiger partial charge < -0.3 is 10.2 Å². The maximum absolute atomic E-state index is 13.9. The smallest absolute Gasteiger partial charge is 0.264 e. The Labute approximate surface area is 230 Å². The number of sulfonamides is 1. The summed E-state index contributed by atoms with van der Waals surface area (Å²) in [5.41, 5.74) is 3.01. The molecule has 202 valence electrons. The number of nitrogens with zero attached hydrogens (tertiary/aromatic N) is 2. The molecule has 7 nitrogen and oxygen atoms in total. The lowest BCUT2D eigenvalue weighted by atomic mass is 10.1. The third kappa shape index (κ3) is 7.14. The molecule has 3 aromatic rings. The molecular weight excluding hydrogens is 522 g/mol. The molecule has 0 heterocycles. The molecule has 3 rings (SSSR count). The van der Waals surface area contributed by atoms with Crippen LogP contribution in [0.2, 0.25) is 5.02 Å². The van der Waals surface area contributed by atoms with Gasteiger partial charge in [-0.2, -0.15) is 0 Å². The van der Waals surface area contributed by atoms with Crippen molar-refractivity contribution in [3.8, 4) is 0 Å². The molecule has 0 aliphatic rings. The number of likely N-dealkylation sites (N-methyl/N-ethyl adjacent to an activating group) is 1. The first-order chi connectivity index (χ1) is 18.1. The number of benzene rings is 3. The Morgan fingerprint density at radius 1 is 0.868 bits per heavy atom. The van der Waals surface area contributed by atoms with Crippen LogP contribution in [0, 0.1) is 13.8 Å². The maximum atomic E-state index is 13.9. The highest BCUT2D eigenvalue weighted by Crippen LogP contribution is 2.25. The minimum absolute atomic E-state index is 0.0801. The van der Waals surface area contributed by atoms with E-state index in [1.165, 1.54) is 17.0 Å². The van der Waals surface area contributed by atoms with E-state index in [0.29, 0.717) is 23.7 Å². The van der Waals surface area contributed by atoms with Crippen molar-refractivity contribution in [2.24, 2.45) is 0 Å². The van der Waals surface area contributed by atoms with E-state index in [1.54, 1.807) is 60.7 Å². The number of carbonyl (C=O) groups excluding carboxylic acids is 2. The third-order valence-electron chi connectivity index (χ3n) is 6.21. The normalized spacial score (nSPS) is 12.0. The Balaban J connectivity index is 2.04. The van der Waals surface area contributed by atoms with Crippen molar-refractivity contribution in [3.05, 3.63) is 94.5 Å². The fourth-order valence-electron chi connectivity index (χ4n) is 4.08. The van der Waals surface area contributed by atoms with Gasteiger partial charge in [0, 0.05) is 18.1 Å². The summed E-state index contributed by atoms with van der Waals surface area (Å²) in [6.45, 7) is 7.47. The van der Waals surface area contributed by atoms with E-state index in [-0.39, 0.29) is 17.3 Å². The highest BCUT2D eigenvalue weighted by Gasteiger charge is 2.33. The zero-order chi connectivity index (χ0) is 27.9. The summed E-state index contributed by atoms with van der Waals surface area (Å²) >= 11 is 6.04. The molecule has 1 unspecified atom stereocenters. The molecule has 0 fully saturated rings. The summed E-state index contributed by atoms with van der Waals surface area (Å²) in [6, 6.07) is 19.7. The van der Waals surface area contributed by atoms with Gasteiger partial charge >= 0.3 is 0 Å². The summed E-state index contributed by atoms with van der Waals surface area (Å²) < 4.78 is 28.7. The first kappa shape index (κ1) is 29.2. The molecule has 0 saturated heterocycles. The van der Waals surface area contributed by atoms with E-state index in [9.17, 15) is 18.0 Å². The standard InChI is InChI=1S/C29H34ClN3O4S/c1-5-27(29(35)31-6-2)32(19-23-11-13-24(30)14-12-23)28(34)20-33(25-15-7-21(3)8-16-25)38(36,37)26-17-9-22(4)10-18-26/h7-18,27H,5-6,19-20H2,1-4H3,(H,31,35). The van der Waals surface area contributed by atoms with Crippen LogP contribution in [0.5, 0.6) is 0 Å². The predicted octanol–water partition coefficient (Wildman–Crippen LogP) is 5.10. The van der Waals surface area contributed by atoms with Crippen LogP contribution in [0.4, 0.5) is 5.69 Å². The average molecular weight is 556 g/mol. The summed E-state index contributed by atoms with van der Waals surface area (Å²) in [4.78, 5) is 28.4. The first-order valence-corrected chi connectivity index (χ1v) is 14.4. The van der Waals surface area contributed by atoms with Crippen molar-refractivity contribution in [2.75, 3.05) is 17.4 Å². The molecule has 0 saturated carbocycles. The number of rotatable bonds is 11. The molecule has 1 N–H and O–H groups in total. The van der Waals surface area contributed by atoms with Gasteiger partial charge in [-0.3, -0.25) is 13.9 Å². The highest BCUT2D eigenvalue weighted by molar-refractivity contribution is 7.92. The zero-order valence-electron chi connectivity index (χ0n) is 22.1. The van der Waals surface area contributed by atoms with Crippen molar-refractivity contribution in [1.82, 2.24) is 10.2 Å². The van der Waals surface area contributed by atoms with Crippen LogP contribution in [-0.2, 0) is 26.2 Å². The molecule has 3 aromatic carbocycles. The highest BCUT2D eigenvalue weighted by atomic mass is 35.5. The van der Waals surface area contributed by atoms with E-state index in [1.807, 2.05) is 27.7 Å². The maximum Gasteiger partial charge on any atom is 0.264 e. The van der Waals surface area contributed by atoms with Crippen LogP contribution in [0.15, 0.2) is 77.7 Å². The van der Waals surface area contributed by atoms with E-state index in [2.05, 4.69) is 5.32 Å². The van der Waals surface area contributed by atoms with Gasteiger partial charge in [0.25, 0.3) is 10.0 Å². The van der Waals surface area contributed by atoms with Crippen LogP contribution in [0.3, 0.4) is 0 Å². The van der Waals surface area contributed by atoms with Crippen molar-refractivity contribution < 1.29 is 18.0 Å². The lowest BCUT2D eigenvalue weighted by Gasteiger charge is -2.33. The van der Waals surface area contributed by atoms with E-state index in [0.717, 1.165) is 21.0 Å². The van der Waals surface area contributed by atoms with Crippen LogP contribution in [0.1, 0.15) is 37.0 Å². The Morgan fingerprint density at radius 2 is 1.42 bits per heavy atom. The second kappa shape index (κ2) is 12.9. The van der Waals surface area contributed by atoms with Gasteiger partial charge in [0.2, 0.25) is 11.8 Å². The number of anilines is 1. The Morgan fingerprint density at radius 3 is 1.95 bits per heavy atom. The molecule has 0 radical (unpaired) electrons. The van der Waals surface area contributed by atoms with Gasteiger partial charge in [-0.05, 0) is 69.2 Å². The van der Waals surface area contributed by atoms with Gasteiger partial charge in [-0.1, -0.05) is 66.0 Å². The number of hydrogen-bond acceptors (Lipinski definition) is 4. The average Bonchev–Trinajstić information content (AvgIpc) is 2.89. The molecule has 38 heavy (non-hydrogen) atoms. The minimum Gasteiger partial charge on any atom is -0.355 e. The number of hydrogen-bond donors (Lipinski definition) is 1. The monoisotopic (exact) mass is 555 g/mol. The molecular formula is C29H34ClN3O4S. The van der Waals surface area contributed by atoms with Gasteiger partial charge in [0.1, 0.15) is 12.6 Å². The number of halogens is 1. The molecule has 0 bridgehead atoms. The Hall–Kier alpha value is -3.36. The van der Waals surface area contributed by atoms with Crippen LogP contribution < -0.4 is 9.62 Å². The van der Waals surface area contributed by atoms with Crippen molar-refractivity contribution >= 4 is 39.1 Å².